The minimum absolute atomic E-state index is 0.242. The lowest BCUT2D eigenvalue weighted by molar-refractivity contribution is 0.0697. The highest BCUT2D eigenvalue weighted by Crippen LogP contribution is 2.21. The van der Waals surface area contributed by atoms with E-state index in [4.69, 9.17) is 23.2 Å². The maximum atomic E-state index is 9.77. The van der Waals surface area contributed by atoms with Crippen LogP contribution < -0.4 is 5.32 Å². The van der Waals surface area contributed by atoms with E-state index in [1.165, 1.54) is 0 Å². The van der Waals surface area contributed by atoms with Gasteiger partial charge in [-0.25, -0.2) is 0 Å². The molecule has 2 N–H and O–H groups in total. The predicted molar refractivity (Wildman–Crippen MR) is 61.5 cm³/mol. The first kappa shape index (κ1) is 12.5. The maximum Gasteiger partial charge on any atom is 0.174 e. The summed E-state index contributed by atoms with van der Waals surface area (Å²) in [5.41, 5.74) is -0.204. The number of hydrogen-bond donors (Lipinski definition) is 2. The molecule has 0 aromatic carbocycles. The molecular weight excluding hydrogens is 237 g/mol. The fourth-order valence-electron chi connectivity index (χ4n) is 0.888. The third kappa shape index (κ3) is 3.81. The largest absolute Gasteiger partial charge is 0.388 e. The van der Waals surface area contributed by atoms with Gasteiger partial charge in [0.2, 0.25) is 0 Å². The van der Waals surface area contributed by atoms with Crippen LogP contribution in [0.4, 0.5) is 5.69 Å². The summed E-state index contributed by atoms with van der Waals surface area (Å²) in [7, 11) is 0. The monoisotopic (exact) mass is 249 g/mol. The standard InChI is InChI=1S/C9H13Cl2N3O/c1-3-9(2,15)5-12-6-4-7(10)13-14-8(6)11/h4,15H,3,5H2,1-2H3,(H,12,13). The van der Waals surface area contributed by atoms with Crippen LogP contribution in [0.15, 0.2) is 6.07 Å². The molecule has 4 nitrogen and oxygen atoms in total. The molecule has 1 unspecified atom stereocenters. The third-order valence-electron chi connectivity index (χ3n) is 2.14. The van der Waals surface area contributed by atoms with Gasteiger partial charge in [0.25, 0.3) is 0 Å². The smallest absolute Gasteiger partial charge is 0.174 e. The van der Waals surface area contributed by atoms with Crippen LogP contribution in [0.5, 0.6) is 0 Å². The number of hydrogen-bond acceptors (Lipinski definition) is 4. The fourth-order valence-corrected chi connectivity index (χ4v) is 1.19. The number of nitrogens with zero attached hydrogens (tertiary/aromatic N) is 2. The Kier molecular flexibility index (Phi) is 4.13. The second-order valence-electron chi connectivity index (χ2n) is 3.58. The van der Waals surface area contributed by atoms with E-state index < -0.39 is 5.60 Å². The van der Waals surface area contributed by atoms with Crippen molar-refractivity contribution < 1.29 is 5.11 Å². The SMILES string of the molecule is CCC(C)(O)CNc1cc(Cl)nnc1Cl. The van der Waals surface area contributed by atoms with Gasteiger partial charge >= 0.3 is 0 Å². The van der Waals surface area contributed by atoms with Gasteiger partial charge in [0.05, 0.1) is 11.3 Å². The van der Waals surface area contributed by atoms with E-state index in [-0.39, 0.29) is 10.3 Å². The highest BCUT2D eigenvalue weighted by Gasteiger charge is 2.17. The van der Waals surface area contributed by atoms with Crippen molar-refractivity contribution in [1.82, 2.24) is 10.2 Å². The average Bonchev–Trinajstić information content (AvgIpc) is 2.20. The third-order valence-corrected chi connectivity index (χ3v) is 2.60. The minimum atomic E-state index is -0.779. The molecule has 1 heterocycles. The highest BCUT2D eigenvalue weighted by molar-refractivity contribution is 6.33. The van der Waals surface area contributed by atoms with Crippen LogP contribution in [0.3, 0.4) is 0 Å². The Balaban J connectivity index is 2.69. The molecule has 15 heavy (non-hydrogen) atoms. The quantitative estimate of drug-likeness (QED) is 0.861. The second kappa shape index (κ2) is 4.96. The summed E-state index contributed by atoms with van der Waals surface area (Å²) < 4.78 is 0. The van der Waals surface area contributed by atoms with Gasteiger partial charge in [0.1, 0.15) is 0 Å². The minimum Gasteiger partial charge on any atom is -0.388 e. The molecule has 0 bridgehead atoms. The molecule has 1 aromatic rings. The number of anilines is 1. The molecule has 0 fully saturated rings. The first-order valence-electron chi connectivity index (χ1n) is 4.59. The Morgan fingerprint density at radius 1 is 1.47 bits per heavy atom. The van der Waals surface area contributed by atoms with E-state index in [2.05, 4.69) is 15.5 Å². The topological polar surface area (TPSA) is 58.0 Å². The molecule has 0 spiro atoms. The number of nitrogens with one attached hydrogen (secondary N) is 1. The first-order valence-corrected chi connectivity index (χ1v) is 5.35. The van der Waals surface area contributed by atoms with Crippen LogP contribution in [-0.2, 0) is 0 Å². The van der Waals surface area contributed by atoms with Gasteiger partial charge in [-0.3, -0.25) is 0 Å². The molecule has 1 aromatic heterocycles. The molecular formula is C9H13Cl2N3O. The maximum absolute atomic E-state index is 9.77. The van der Waals surface area contributed by atoms with Crippen LogP contribution in [0.1, 0.15) is 20.3 Å². The van der Waals surface area contributed by atoms with Gasteiger partial charge in [-0.15, -0.1) is 10.2 Å². The number of rotatable bonds is 4. The van der Waals surface area contributed by atoms with Crippen molar-refractivity contribution in [2.45, 2.75) is 25.9 Å². The van der Waals surface area contributed by atoms with Crippen molar-refractivity contribution in [3.8, 4) is 0 Å². The average molecular weight is 250 g/mol. The van der Waals surface area contributed by atoms with Gasteiger partial charge < -0.3 is 10.4 Å². The Morgan fingerprint density at radius 2 is 2.13 bits per heavy atom. The van der Waals surface area contributed by atoms with Crippen molar-refractivity contribution >= 4 is 28.9 Å². The number of aromatic nitrogens is 2. The summed E-state index contributed by atoms with van der Waals surface area (Å²) >= 11 is 11.5. The van der Waals surface area contributed by atoms with Crippen molar-refractivity contribution in [2.24, 2.45) is 0 Å². The van der Waals surface area contributed by atoms with Gasteiger partial charge in [-0.05, 0) is 13.3 Å². The van der Waals surface area contributed by atoms with Crippen molar-refractivity contribution in [1.29, 1.82) is 0 Å². The normalized spacial score (nSPS) is 14.7. The Hall–Kier alpha value is -0.580. The van der Waals surface area contributed by atoms with Crippen LogP contribution >= 0.6 is 23.2 Å². The molecule has 0 aliphatic heterocycles. The molecule has 84 valence electrons. The Bertz CT molecular complexity index is 344. The summed E-state index contributed by atoms with van der Waals surface area (Å²) in [4.78, 5) is 0. The fraction of sp³-hybridized carbons (Fsp3) is 0.556. The van der Waals surface area contributed by atoms with E-state index >= 15 is 0 Å². The molecule has 0 radical (unpaired) electrons. The lowest BCUT2D eigenvalue weighted by Gasteiger charge is -2.22. The Labute approximate surface area is 98.6 Å². The molecule has 0 saturated carbocycles. The summed E-state index contributed by atoms with van der Waals surface area (Å²) in [6.45, 7) is 4.02. The van der Waals surface area contributed by atoms with Crippen molar-refractivity contribution in [3.05, 3.63) is 16.4 Å². The van der Waals surface area contributed by atoms with Crippen LogP contribution in [-0.4, -0.2) is 27.4 Å². The molecule has 1 atom stereocenters. The second-order valence-corrected chi connectivity index (χ2v) is 4.32. The van der Waals surface area contributed by atoms with E-state index in [1.54, 1.807) is 13.0 Å². The van der Waals surface area contributed by atoms with Crippen LogP contribution in [0.2, 0.25) is 10.3 Å². The molecule has 6 heteroatoms. The van der Waals surface area contributed by atoms with Gasteiger partial charge in [-0.2, -0.15) is 0 Å². The molecule has 0 amide bonds. The molecule has 0 saturated heterocycles. The van der Waals surface area contributed by atoms with Gasteiger partial charge in [0, 0.05) is 12.6 Å². The highest BCUT2D eigenvalue weighted by atomic mass is 35.5. The lowest BCUT2D eigenvalue weighted by atomic mass is 10.0. The zero-order valence-corrected chi connectivity index (χ0v) is 10.1. The first-order chi connectivity index (χ1) is 6.94. The van der Waals surface area contributed by atoms with E-state index in [0.717, 1.165) is 0 Å². The summed E-state index contributed by atoms with van der Waals surface area (Å²) in [6.07, 6.45) is 0.643. The Morgan fingerprint density at radius 3 is 2.73 bits per heavy atom. The molecule has 1 rings (SSSR count). The van der Waals surface area contributed by atoms with Gasteiger partial charge in [-0.1, -0.05) is 30.1 Å². The number of halogens is 2. The van der Waals surface area contributed by atoms with Crippen LogP contribution in [0.25, 0.3) is 0 Å². The van der Waals surface area contributed by atoms with E-state index in [1.807, 2.05) is 6.92 Å². The van der Waals surface area contributed by atoms with Crippen molar-refractivity contribution in [2.75, 3.05) is 11.9 Å². The van der Waals surface area contributed by atoms with E-state index in [9.17, 15) is 5.11 Å². The summed E-state index contributed by atoms with van der Waals surface area (Å²) in [6, 6.07) is 1.57. The molecule has 0 aliphatic rings. The summed E-state index contributed by atoms with van der Waals surface area (Å²) in [5.74, 6) is 0. The van der Waals surface area contributed by atoms with Gasteiger partial charge in [0.15, 0.2) is 10.3 Å². The van der Waals surface area contributed by atoms with Crippen molar-refractivity contribution in [3.63, 3.8) is 0 Å². The number of aliphatic hydroxyl groups is 1. The zero-order chi connectivity index (χ0) is 11.5. The van der Waals surface area contributed by atoms with E-state index in [0.29, 0.717) is 18.7 Å². The zero-order valence-electron chi connectivity index (χ0n) is 8.59. The predicted octanol–water partition coefficient (Wildman–Crippen LogP) is 2.36. The lowest BCUT2D eigenvalue weighted by Crippen LogP contribution is -2.32. The summed E-state index contributed by atoms with van der Waals surface area (Å²) in [5, 5.41) is 20.5. The van der Waals surface area contributed by atoms with Crippen LogP contribution in [0, 0.1) is 0 Å². The molecule has 0 aliphatic carbocycles.